The van der Waals surface area contributed by atoms with Crippen molar-refractivity contribution in [2.75, 3.05) is 51.3 Å². The molecule has 1 aromatic rings. The first-order chi connectivity index (χ1) is 16.3. The Morgan fingerprint density at radius 3 is 2.53 bits per heavy atom. The van der Waals surface area contributed by atoms with E-state index in [0.717, 1.165) is 57.5 Å². The first-order valence-corrected chi connectivity index (χ1v) is 12.3. The van der Waals surface area contributed by atoms with Gasteiger partial charge in [-0.25, -0.2) is 0 Å². The number of Topliss-reactive ketones (excluding diaryl/α,β-unsaturated/α-hetero) is 1. The second-order valence-corrected chi connectivity index (χ2v) is 10.2. The summed E-state index contributed by atoms with van der Waals surface area (Å²) in [6, 6.07) is 4.86. The van der Waals surface area contributed by atoms with Crippen LogP contribution < -0.4 is 10.6 Å². The summed E-state index contributed by atoms with van der Waals surface area (Å²) < 4.78 is 5.48. The molecule has 0 aromatic heterocycles. The second-order valence-electron chi connectivity index (χ2n) is 10.2. The van der Waals surface area contributed by atoms with Gasteiger partial charge in [0, 0.05) is 37.4 Å². The maximum atomic E-state index is 14.1. The standard InChI is InChI=1S/C25H34N4O5/c1-27-8-10-28(11-9-27)16-6-7-17(24(26)32)18(12-16)21(15-4-2-3-5-15)25(33)29-13-19(30)23-22(29)20(31)14-34-23/h6-7,12,15,19,21-23,30H,2-5,8-11,13-14H2,1H3,(H2,26,32)/t19-,21+,22-,23-/m1/s1. The summed E-state index contributed by atoms with van der Waals surface area (Å²) in [4.78, 5) is 45.2. The molecule has 1 aliphatic carbocycles. The molecular formula is C25H34N4O5. The highest BCUT2D eigenvalue weighted by Gasteiger charge is 2.53. The third-order valence-corrected chi connectivity index (χ3v) is 8.08. The van der Waals surface area contributed by atoms with Crippen LogP contribution in [0.4, 0.5) is 5.69 Å². The number of benzene rings is 1. The van der Waals surface area contributed by atoms with Gasteiger partial charge in [0.25, 0.3) is 0 Å². The Morgan fingerprint density at radius 1 is 1.15 bits per heavy atom. The van der Waals surface area contributed by atoms with Gasteiger partial charge in [0.05, 0.1) is 12.5 Å². The predicted molar refractivity (Wildman–Crippen MR) is 126 cm³/mol. The normalized spacial score (nSPS) is 29.0. The summed E-state index contributed by atoms with van der Waals surface area (Å²) in [7, 11) is 2.10. The minimum absolute atomic E-state index is 0.0574. The van der Waals surface area contributed by atoms with Gasteiger partial charge >= 0.3 is 0 Å². The lowest BCUT2D eigenvalue weighted by molar-refractivity contribution is -0.139. The fourth-order valence-electron chi connectivity index (χ4n) is 6.21. The molecule has 0 unspecified atom stereocenters. The quantitative estimate of drug-likeness (QED) is 0.638. The molecule has 1 saturated carbocycles. The Kier molecular flexibility index (Phi) is 6.35. The van der Waals surface area contributed by atoms with Gasteiger partial charge in [0.1, 0.15) is 24.9 Å². The number of primary amides is 1. The van der Waals surface area contributed by atoms with Crippen molar-refractivity contribution < 1.29 is 24.2 Å². The number of rotatable bonds is 5. The number of aliphatic hydroxyl groups is 1. The average molecular weight is 471 g/mol. The Hall–Kier alpha value is -2.49. The van der Waals surface area contributed by atoms with Crippen LogP contribution in [-0.2, 0) is 14.3 Å². The number of carbonyl (C=O) groups excluding carboxylic acids is 3. The number of fused-ring (bicyclic) bond motifs is 1. The first-order valence-electron chi connectivity index (χ1n) is 12.3. The van der Waals surface area contributed by atoms with E-state index < -0.39 is 30.1 Å². The zero-order chi connectivity index (χ0) is 24.0. The Bertz CT molecular complexity index is 970. The van der Waals surface area contributed by atoms with Crippen molar-refractivity contribution in [3.63, 3.8) is 0 Å². The maximum absolute atomic E-state index is 14.1. The van der Waals surface area contributed by atoms with Crippen LogP contribution in [0.2, 0.25) is 0 Å². The summed E-state index contributed by atoms with van der Waals surface area (Å²) >= 11 is 0. The van der Waals surface area contributed by atoms with Gasteiger partial charge in [-0.3, -0.25) is 14.4 Å². The second kappa shape index (κ2) is 9.28. The Labute approximate surface area is 199 Å². The van der Waals surface area contributed by atoms with Crippen LogP contribution in [0.15, 0.2) is 18.2 Å². The number of nitrogens with two attached hydrogens (primary N) is 1. The van der Waals surface area contributed by atoms with E-state index in [-0.39, 0.29) is 30.8 Å². The fraction of sp³-hybridized carbons (Fsp3) is 0.640. The number of hydrogen-bond donors (Lipinski definition) is 2. The van der Waals surface area contributed by atoms with Crippen LogP contribution >= 0.6 is 0 Å². The lowest BCUT2D eigenvalue weighted by atomic mass is 9.80. The van der Waals surface area contributed by atoms with Crippen molar-refractivity contribution in [3.8, 4) is 0 Å². The zero-order valence-electron chi connectivity index (χ0n) is 19.7. The van der Waals surface area contributed by atoms with Gasteiger partial charge in [-0.2, -0.15) is 0 Å². The van der Waals surface area contributed by atoms with Crippen LogP contribution in [-0.4, -0.2) is 97.1 Å². The highest BCUT2D eigenvalue weighted by atomic mass is 16.5. The molecule has 0 spiro atoms. The molecule has 9 nitrogen and oxygen atoms in total. The van der Waals surface area contributed by atoms with Crippen LogP contribution in [0.25, 0.3) is 0 Å². The van der Waals surface area contributed by atoms with Crippen molar-refractivity contribution in [2.24, 2.45) is 11.7 Å². The van der Waals surface area contributed by atoms with Gasteiger partial charge < -0.3 is 30.3 Å². The number of likely N-dealkylation sites (N-methyl/N-ethyl adjacent to an activating group) is 1. The van der Waals surface area contributed by atoms with Crippen LogP contribution in [0.3, 0.4) is 0 Å². The summed E-state index contributed by atoms with van der Waals surface area (Å²) in [5.41, 5.74) is 7.76. The fourth-order valence-corrected chi connectivity index (χ4v) is 6.21. The molecule has 3 aliphatic heterocycles. The highest BCUT2D eigenvalue weighted by molar-refractivity contribution is 5.99. The Balaban J connectivity index is 1.54. The number of ketones is 1. The molecule has 0 radical (unpaired) electrons. The third-order valence-electron chi connectivity index (χ3n) is 8.08. The molecule has 2 amide bonds. The van der Waals surface area contributed by atoms with Crippen molar-refractivity contribution in [2.45, 2.75) is 49.9 Å². The number of nitrogens with zero attached hydrogens (tertiary/aromatic N) is 3. The molecule has 4 aliphatic rings. The summed E-state index contributed by atoms with van der Waals surface area (Å²) in [6.07, 6.45) is 2.24. The minimum Gasteiger partial charge on any atom is -0.388 e. The topological polar surface area (TPSA) is 116 Å². The van der Waals surface area contributed by atoms with Crippen LogP contribution in [0.1, 0.15) is 47.5 Å². The number of carbonyl (C=O) groups is 3. The van der Waals surface area contributed by atoms with E-state index in [2.05, 4.69) is 16.8 Å². The van der Waals surface area contributed by atoms with Crippen molar-refractivity contribution >= 4 is 23.3 Å². The number of likely N-dealkylation sites (tertiary alicyclic amines) is 1. The van der Waals surface area contributed by atoms with E-state index in [9.17, 15) is 19.5 Å². The summed E-state index contributed by atoms with van der Waals surface area (Å²) in [5, 5.41) is 10.5. The number of aliphatic hydroxyl groups excluding tert-OH is 1. The van der Waals surface area contributed by atoms with E-state index >= 15 is 0 Å². The molecule has 34 heavy (non-hydrogen) atoms. The van der Waals surface area contributed by atoms with E-state index in [1.807, 2.05) is 12.1 Å². The average Bonchev–Trinajstić information content (AvgIpc) is 3.55. The molecule has 4 atom stereocenters. The lowest BCUT2D eigenvalue weighted by Crippen LogP contribution is -2.46. The number of ether oxygens (including phenoxy) is 1. The number of amides is 2. The lowest BCUT2D eigenvalue weighted by Gasteiger charge is -2.35. The van der Waals surface area contributed by atoms with Gasteiger partial charge in [-0.05, 0) is 49.6 Å². The molecule has 184 valence electrons. The molecule has 9 heteroatoms. The molecule has 3 N–H and O–H groups in total. The van der Waals surface area contributed by atoms with Gasteiger partial charge in [0.15, 0.2) is 5.78 Å². The maximum Gasteiger partial charge on any atom is 0.249 e. The van der Waals surface area contributed by atoms with Crippen molar-refractivity contribution in [1.29, 1.82) is 0 Å². The van der Waals surface area contributed by atoms with Gasteiger partial charge in [-0.1, -0.05) is 12.8 Å². The summed E-state index contributed by atoms with van der Waals surface area (Å²) in [6.45, 7) is 3.58. The third kappa shape index (κ3) is 4.10. The van der Waals surface area contributed by atoms with Crippen molar-refractivity contribution in [3.05, 3.63) is 29.3 Å². The molecular weight excluding hydrogens is 436 g/mol. The van der Waals surface area contributed by atoms with E-state index in [1.54, 1.807) is 6.07 Å². The van der Waals surface area contributed by atoms with E-state index in [0.29, 0.717) is 11.1 Å². The molecule has 1 aromatic carbocycles. The predicted octanol–water partition coefficient (Wildman–Crippen LogP) is 0.351. The largest absolute Gasteiger partial charge is 0.388 e. The van der Waals surface area contributed by atoms with Gasteiger partial charge in [0.2, 0.25) is 11.8 Å². The first kappa shape index (κ1) is 23.3. The number of piperazine rings is 1. The minimum atomic E-state index is -0.892. The molecule has 5 rings (SSSR count). The van der Waals surface area contributed by atoms with Crippen LogP contribution in [0, 0.1) is 5.92 Å². The van der Waals surface area contributed by atoms with Crippen LogP contribution in [0.5, 0.6) is 0 Å². The highest BCUT2D eigenvalue weighted by Crippen LogP contribution is 2.42. The molecule has 3 heterocycles. The smallest absolute Gasteiger partial charge is 0.249 e. The van der Waals surface area contributed by atoms with Gasteiger partial charge in [-0.15, -0.1) is 0 Å². The SMILES string of the molecule is CN1CCN(c2ccc(C(N)=O)c([C@@H](C(=O)N3C[C@@H](O)[C@H]4OCC(=O)[C@H]43)C3CCCC3)c2)CC1. The molecule has 0 bridgehead atoms. The van der Waals surface area contributed by atoms with E-state index in [4.69, 9.17) is 10.5 Å². The summed E-state index contributed by atoms with van der Waals surface area (Å²) in [5.74, 6) is -1.48. The number of β-amino-alcohol motifs (C(OH)–C–C–N with tert-alkyl or cyclic N) is 1. The van der Waals surface area contributed by atoms with Crippen molar-refractivity contribution in [1.82, 2.24) is 9.80 Å². The Morgan fingerprint density at radius 2 is 1.85 bits per heavy atom. The zero-order valence-corrected chi connectivity index (χ0v) is 19.7. The monoisotopic (exact) mass is 470 g/mol. The van der Waals surface area contributed by atoms with E-state index in [1.165, 1.54) is 4.90 Å². The molecule has 3 saturated heterocycles. The molecule has 4 fully saturated rings. The number of anilines is 1. The number of hydrogen-bond acceptors (Lipinski definition) is 7.